The van der Waals surface area contributed by atoms with Gasteiger partial charge in [-0.25, -0.2) is 0 Å². The van der Waals surface area contributed by atoms with Gasteiger partial charge in [-0.1, -0.05) is 6.07 Å². The number of hydrogen-bond acceptors (Lipinski definition) is 2. The SMILES string of the molecule is Cc1ccc(N2CCCC(NCC3CC3)C2)cc1C. The highest BCUT2D eigenvalue weighted by molar-refractivity contribution is 5.51. The molecule has 1 heterocycles. The average Bonchev–Trinajstić information content (AvgIpc) is 3.24. The number of rotatable bonds is 4. The van der Waals surface area contributed by atoms with Crippen LogP contribution in [0.3, 0.4) is 0 Å². The van der Waals surface area contributed by atoms with E-state index in [0.29, 0.717) is 6.04 Å². The van der Waals surface area contributed by atoms with Crippen molar-refractivity contribution in [1.29, 1.82) is 0 Å². The lowest BCUT2D eigenvalue weighted by Gasteiger charge is -2.35. The fraction of sp³-hybridized carbons (Fsp3) is 0.647. The van der Waals surface area contributed by atoms with Crippen LogP contribution in [0.2, 0.25) is 0 Å². The Kier molecular flexibility index (Phi) is 3.79. The number of benzene rings is 1. The van der Waals surface area contributed by atoms with E-state index < -0.39 is 0 Å². The molecule has 0 bridgehead atoms. The molecule has 0 amide bonds. The van der Waals surface area contributed by atoms with E-state index in [0.717, 1.165) is 5.92 Å². The van der Waals surface area contributed by atoms with Crippen molar-refractivity contribution < 1.29 is 0 Å². The lowest BCUT2D eigenvalue weighted by molar-refractivity contribution is 0.416. The molecule has 0 aromatic heterocycles. The number of nitrogens with zero attached hydrogens (tertiary/aromatic N) is 1. The van der Waals surface area contributed by atoms with Gasteiger partial charge in [-0.15, -0.1) is 0 Å². The molecule has 1 aliphatic carbocycles. The van der Waals surface area contributed by atoms with Crippen molar-refractivity contribution in [3.63, 3.8) is 0 Å². The van der Waals surface area contributed by atoms with Crippen LogP contribution in [0.1, 0.15) is 36.8 Å². The first-order chi connectivity index (χ1) is 9.22. The van der Waals surface area contributed by atoms with Crippen LogP contribution in [-0.4, -0.2) is 25.7 Å². The van der Waals surface area contributed by atoms with E-state index in [-0.39, 0.29) is 0 Å². The molecule has 2 fully saturated rings. The van der Waals surface area contributed by atoms with Crippen molar-refractivity contribution >= 4 is 5.69 Å². The number of nitrogens with one attached hydrogen (secondary N) is 1. The van der Waals surface area contributed by atoms with Gasteiger partial charge < -0.3 is 10.2 Å². The van der Waals surface area contributed by atoms with E-state index in [4.69, 9.17) is 0 Å². The normalized spacial score (nSPS) is 23.7. The Morgan fingerprint density at radius 1 is 1.16 bits per heavy atom. The summed E-state index contributed by atoms with van der Waals surface area (Å²) in [6.07, 6.45) is 5.55. The second-order valence-corrected chi connectivity index (χ2v) is 6.41. The lowest BCUT2D eigenvalue weighted by Crippen LogP contribution is -2.46. The van der Waals surface area contributed by atoms with Crippen molar-refractivity contribution in [2.45, 2.75) is 45.6 Å². The van der Waals surface area contributed by atoms with Crippen LogP contribution < -0.4 is 10.2 Å². The maximum Gasteiger partial charge on any atom is 0.0369 e. The highest BCUT2D eigenvalue weighted by Crippen LogP contribution is 2.28. The second-order valence-electron chi connectivity index (χ2n) is 6.41. The molecule has 2 nitrogen and oxygen atoms in total. The van der Waals surface area contributed by atoms with E-state index in [2.05, 4.69) is 42.3 Å². The molecule has 19 heavy (non-hydrogen) atoms. The second kappa shape index (κ2) is 5.54. The summed E-state index contributed by atoms with van der Waals surface area (Å²) >= 11 is 0. The first kappa shape index (κ1) is 13.0. The zero-order valence-corrected chi connectivity index (χ0v) is 12.3. The first-order valence-corrected chi connectivity index (χ1v) is 7.78. The molecule has 0 radical (unpaired) electrons. The molecule has 1 aromatic rings. The molecule has 1 aliphatic heterocycles. The van der Waals surface area contributed by atoms with Crippen LogP contribution in [0.15, 0.2) is 18.2 Å². The predicted molar refractivity (Wildman–Crippen MR) is 81.9 cm³/mol. The topological polar surface area (TPSA) is 15.3 Å². The third-order valence-electron chi connectivity index (χ3n) is 4.67. The zero-order valence-electron chi connectivity index (χ0n) is 12.3. The quantitative estimate of drug-likeness (QED) is 0.891. The highest BCUT2D eigenvalue weighted by Gasteiger charge is 2.24. The molecular weight excluding hydrogens is 232 g/mol. The molecule has 1 saturated heterocycles. The molecule has 1 atom stereocenters. The summed E-state index contributed by atoms with van der Waals surface area (Å²) in [6.45, 7) is 8.03. The van der Waals surface area contributed by atoms with Gasteiger partial charge in [0.05, 0.1) is 0 Å². The molecule has 2 aliphatic rings. The van der Waals surface area contributed by atoms with Gasteiger partial charge in [0, 0.05) is 24.8 Å². The van der Waals surface area contributed by atoms with E-state index in [1.165, 1.54) is 62.1 Å². The molecule has 3 rings (SSSR count). The van der Waals surface area contributed by atoms with Crippen LogP contribution in [0.25, 0.3) is 0 Å². The van der Waals surface area contributed by atoms with Crippen molar-refractivity contribution in [3.05, 3.63) is 29.3 Å². The number of hydrogen-bond donors (Lipinski definition) is 1. The van der Waals surface area contributed by atoms with Crippen molar-refractivity contribution in [2.75, 3.05) is 24.5 Å². The minimum Gasteiger partial charge on any atom is -0.370 e. The van der Waals surface area contributed by atoms with E-state index in [1.54, 1.807) is 0 Å². The molecule has 104 valence electrons. The fourth-order valence-corrected chi connectivity index (χ4v) is 2.96. The van der Waals surface area contributed by atoms with Crippen LogP contribution >= 0.6 is 0 Å². The van der Waals surface area contributed by atoms with Gasteiger partial charge in [0.2, 0.25) is 0 Å². The standard InChI is InChI=1S/C17H26N2/c1-13-5-8-17(10-14(13)2)19-9-3-4-16(12-19)18-11-15-6-7-15/h5,8,10,15-16,18H,3-4,6-7,9,11-12H2,1-2H3. The molecule has 1 saturated carbocycles. The predicted octanol–water partition coefficient (Wildman–Crippen LogP) is 3.27. The van der Waals surface area contributed by atoms with Crippen LogP contribution in [0.4, 0.5) is 5.69 Å². The van der Waals surface area contributed by atoms with Gasteiger partial charge in [-0.2, -0.15) is 0 Å². The molecule has 1 N–H and O–H groups in total. The first-order valence-electron chi connectivity index (χ1n) is 7.78. The third kappa shape index (κ3) is 3.30. The van der Waals surface area contributed by atoms with Crippen molar-refractivity contribution in [1.82, 2.24) is 5.32 Å². The van der Waals surface area contributed by atoms with E-state index in [9.17, 15) is 0 Å². The molecule has 2 heteroatoms. The number of anilines is 1. The molecule has 0 spiro atoms. The van der Waals surface area contributed by atoms with E-state index in [1.807, 2.05) is 0 Å². The maximum absolute atomic E-state index is 3.77. The van der Waals surface area contributed by atoms with Crippen LogP contribution in [-0.2, 0) is 0 Å². The summed E-state index contributed by atoms with van der Waals surface area (Å²) in [5.74, 6) is 0.983. The Hall–Kier alpha value is -1.02. The summed E-state index contributed by atoms with van der Waals surface area (Å²) in [6, 6.07) is 7.58. The van der Waals surface area contributed by atoms with Gasteiger partial charge in [0.15, 0.2) is 0 Å². The van der Waals surface area contributed by atoms with Gasteiger partial charge in [-0.05, 0) is 75.3 Å². The van der Waals surface area contributed by atoms with Crippen molar-refractivity contribution in [2.24, 2.45) is 5.92 Å². The Morgan fingerprint density at radius 2 is 2.00 bits per heavy atom. The summed E-state index contributed by atoms with van der Waals surface area (Å²) in [5.41, 5.74) is 4.20. The minimum atomic E-state index is 0.691. The smallest absolute Gasteiger partial charge is 0.0369 e. The summed E-state index contributed by atoms with van der Waals surface area (Å²) < 4.78 is 0. The molecule has 1 aromatic carbocycles. The summed E-state index contributed by atoms with van der Waals surface area (Å²) in [4.78, 5) is 2.56. The van der Waals surface area contributed by atoms with Gasteiger partial charge in [0.1, 0.15) is 0 Å². The van der Waals surface area contributed by atoms with Crippen molar-refractivity contribution in [3.8, 4) is 0 Å². The maximum atomic E-state index is 3.77. The largest absolute Gasteiger partial charge is 0.370 e. The molecular formula is C17H26N2. The fourth-order valence-electron chi connectivity index (χ4n) is 2.96. The Morgan fingerprint density at radius 3 is 2.74 bits per heavy atom. The Labute approximate surface area is 117 Å². The number of aryl methyl sites for hydroxylation is 2. The molecule has 1 unspecified atom stereocenters. The average molecular weight is 258 g/mol. The van der Waals surface area contributed by atoms with Gasteiger partial charge >= 0.3 is 0 Å². The van der Waals surface area contributed by atoms with Gasteiger partial charge in [-0.3, -0.25) is 0 Å². The highest BCUT2D eigenvalue weighted by atomic mass is 15.2. The van der Waals surface area contributed by atoms with Crippen LogP contribution in [0, 0.1) is 19.8 Å². The summed E-state index contributed by atoms with van der Waals surface area (Å²) in [7, 11) is 0. The Balaban J connectivity index is 1.61. The zero-order chi connectivity index (χ0) is 13.2. The van der Waals surface area contributed by atoms with Gasteiger partial charge in [0.25, 0.3) is 0 Å². The monoisotopic (exact) mass is 258 g/mol. The summed E-state index contributed by atoms with van der Waals surface area (Å²) in [5, 5.41) is 3.77. The minimum absolute atomic E-state index is 0.691. The third-order valence-corrected chi connectivity index (χ3v) is 4.67. The Bertz CT molecular complexity index is 437. The number of piperidine rings is 1. The lowest BCUT2D eigenvalue weighted by atomic mass is 10.0. The van der Waals surface area contributed by atoms with E-state index >= 15 is 0 Å². The van der Waals surface area contributed by atoms with Crippen LogP contribution in [0.5, 0.6) is 0 Å².